The number of rotatable bonds is 5. The third kappa shape index (κ3) is 5.67. The van der Waals surface area contributed by atoms with Gasteiger partial charge in [-0.3, -0.25) is 25.8 Å². The lowest BCUT2D eigenvalue weighted by Gasteiger charge is -2.11. The maximum absolute atomic E-state index is 12.5. The molecule has 4 rings (SSSR count). The maximum atomic E-state index is 12.5. The summed E-state index contributed by atoms with van der Waals surface area (Å²) in [5.74, 6) is -0.222. The zero-order valence-electron chi connectivity index (χ0n) is 17.1. The number of carbonyl (C=O) groups excluding carboxylic acids is 2. The van der Waals surface area contributed by atoms with E-state index in [0.29, 0.717) is 27.8 Å². The molecular weight excluding hydrogens is 478 g/mol. The van der Waals surface area contributed by atoms with Crippen LogP contribution in [0.2, 0.25) is 5.02 Å². The molecule has 0 spiro atoms. The van der Waals surface area contributed by atoms with Gasteiger partial charge in [-0.25, -0.2) is 0 Å². The smallest absolute Gasteiger partial charge is 0.269 e. The highest BCUT2D eigenvalue weighted by molar-refractivity contribution is 7.80. The van der Waals surface area contributed by atoms with E-state index in [1.54, 1.807) is 24.3 Å². The molecule has 2 amide bonds. The van der Waals surface area contributed by atoms with E-state index in [2.05, 4.69) is 16.2 Å². The number of hydrogen-bond donors (Lipinski definition) is 3. The van der Waals surface area contributed by atoms with Gasteiger partial charge in [-0.15, -0.1) is 11.3 Å². The van der Waals surface area contributed by atoms with Crippen LogP contribution in [0.4, 0.5) is 0 Å². The van der Waals surface area contributed by atoms with Gasteiger partial charge in [0.1, 0.15) is 17.2 Å². The monoisotopic (exact) mass is 495 g/mol. The number of halogens is 1. The van der Waals surface area contributed by atoms with Gasteiger partial charge in [0.05, 0.1) is 5.02 Å². The highest BCUT2D eigenvalue weighted by Gasteiger charge is 2.18. The van der Waals surface area contributed by atoms with Crippen molar-refractivity contribution in [1.29, 1.82) is 0 Å². The largest absolute Gasteiger partial charge is 0.489 e. The summed E-state index contributed by atoms with van der Waals surface area (Å²) in [7, 11) is 0. The average Bonchev–Trinajstić information content (AvgIpc) is 3.19. The van der Waals surface area contributed by atoms with E-state index in [0.717, 1.165) is 15.6 Å². The topological polar surface area (TPSA) is 79.5 Å². The van der Waals surface area contributed by atoms with Crippen molar-refractivity contribution in [1.82, 2.24) is 16.2 Å². The van der Waals surface area contributed by atoms with Crippen molar-refractivity contribution in [3.8, 4) is 5.75 Å². The van der Waals surface area contributed by atoms with E-state index in [4.69, 9.17) is 28.6 Å². The zero-order chi connectivity index (χ0) is 23.2. The normalized spacial score (nSPS) is 10.5. The van der Waals surface area contributed by atoms with Crippen molar-refractivity contribution in [3.05, 3.63) is 99.9 Å². The molecule has 0 aliphatic heterocycles. The highest BCUT2D eigenvalue weighted by Crippen LogP contribution is 2.34. The first-order valence-corrected chi connectivity index (χ1v) is 11.5. The van der Waals surface area contributed by atoms with Gasteiger partial charge in [0, 0.05) is 15.6 Å². The average molecular weight is 496 g/mol. The van der Waals surface area contributed by atoms with E-state index in [9.17, 15) is 9.59 Å². The fourth-order valence-electron chi connectivity index (χ4n) is 2.98. The molecular formula is C24H18ClN3O3S2. The van der Waals surface area contributed by atoms with Crippen molar-refractivity contribution in [2.75, 3.05) is 0 Å². The number of hydrogen-bond acceptors (Lipinski definition) is 5. The summed E-state index contributed by atoms with van der Waals surface area (Å²) in [4.78, 5) is 25.2. The van der Waals surface area contributed by atoms with E-state index in [-0.39, 0.29) is 5.11 Å². The Labute approximate surface area is 204 Å². The molecule has 0 saturated carbocycles. The molecule has 0 aliphatic carbocycles. The predicted molar refractivity (Wildman–Crippen MR) is 135 cm³/mol. The fraction of sp³-hybridized carbons (Fsp3) is 0.0417. The van der Waals surface area contributed by atoms with E-state index < -0.39 is 11.8 Å². The third-order valence-electron chi connectivity index (χ3n) is 4.62. The summed E-state index contributed by atoms with van der Waals surface area (Å²) in [6, 6.07) is 23.9. The van der Waals surface area contributed by atoms with Crippen LogP contribution in [-0.4, -0.2) is 16.9 Å². The lowest BCUT2D eigenvalue weighted by Crippen LogP contribution is -2.48. The van der Waals surface area contributed by atoms with Gasteiger partial charge in [-0.2, -0.15) is 0 Å². The maximum Gasteiger partial charge on any atom is 0.269 e. The van der Waals surface area contributed by atoms with Crippen molar-refractivity contribution < 1.29 is 14.3 Å². The van der Waals surface area contributed by atoms with Crippen LogP contribution in [0.3, 0.4) is 0 Å². The molecule has 0 bridgehead atoms. The van der Waals surface area contributed by atoms with Crippen LogP contribution in [-0.2, 0) is 6.61 Å². The van der Waals surface area contributed by atoms with Gasteiger partial charge in [-0.1, -0.05) is 60.1 Å². The van der Waals surface area contributed by atoms with Gasteiger partial charge in [0.15, 0.2) is 5.11 Å². The molecule has 4 aromatic rings. The number of benzene rings is 3. The highest BCUT2D eigenvalue weighted by atomic mass is 35.5. The van der Waals surface area contributed by atoms with Crippen LogP contribution >= 0.6 is 35.2 Å². The molecule has 166 valence electrons. The molecule has 6 nitrogen and oxygen atoms in total. The lowest BCUT2D eigenvalue weighted by atomic mass is 10.2. The number of fused-ring (bicyclic) bond motifs is 1. The Kier molecular flexibility index (Phi) is 7.19. The van der Waals surface area contributed by atoms with Crippen molar-refractivity contribution in [2.45, 2.75) is 6.61 Å². The number of carbonyl (C=O) groups is 2. The summed E-state index contributed by atoms with van der Waals surface area (Å²) < 4.78 is 6.62. The Morgan fingerprint density at radius 3 is 2.30 bits per heavy atom. The number of ether oxygens (including phenoxy) is 1. The first kappa shape index (κ1) is 22.7. The molecule has 9 heteroatoms. The molecule has 0 aliphatic rings. The molecule has 0 saturated heterocycles. The van der Waals surface area contributed by atoms with Crippen LogP contribution in [0.1, 0.15) is 25.6 Å². The van der Waals surface area contributed by atoms with Gasteiger partial charge in [-0.05, 0) is 48.1 Å². The van der Waals surface area contributed by atoms with Crippen LogP contribution in [0.25, 0.3) is 10.1 Å². The summed E-state index contributed by atoms with van der Waals surface area (Å²) in [6.07, 6.45) is 0. The molecule has 1 aromatic heterocycles. The molecule has 0 radical (unpaired) electrons. The fourth-order valence-corrected chi connectivity index (χ4v) is 4.54. The summed E-state index contributed by atoms with van der Waals surface area (Å²) >= 11 is 12.7. The first-order valence-electron chi connectivity index (χ1n) is 9.87. The molecule has 33 heavy (non-hydrogen) atoms. The predicted octanol–water partition coefficient (Wildman–Crippen LogP) is 5.08. The minimum atomic E-state index is -0.451. The second kappa shape index (κ2) is 10.4. The van der Waals surface area contributed by atoms with Crippen molar-refractivity contribution in [2.24, 2.45) is 0 Å². The van der Waals surface area contributed by atoms with Crippen molar-refractivity contribution >= 4 is 62.2 Å². The number of amides is 2. The Morgan fingerprint density at radius 1 is 0.879 bits per heavy atom. The Morgan fingerprint density at radius 2 is 1.58 bits per heavy atom. The minimum Gasteiger partial charge on any atom is -0.489 e. The van der Waals surface area contributed by atoms with Crippen molar-refractivity contribution in [3.63, 3.8) is 0 Å². The number of nitrogens with one attached hydrogen (secondary N) is 3. The number of hydrazine groups is 1. The van der Waals surface area contributed by atoms with E-state index in [1.807, 2.05) is 54.6 Å². The van der Waals surface area contributed by atoms with Crippen LogP contribution < -0.4 is 20.9 Å². The molecule has 3 aromatic carbocycles. The summed E-state index contributed by atoms with van der Waals surface area (Å²) in [6.45, 7) is 0.436. The van der Waals surface area contributed by atoms with Gasteiger partial charge >= 0.3 is 0 Å². The second-order valence-corrected chi connectivity index (χ2v) is 8.74. The van der Waals surface area contributed by atoms with Gasteiger partial charge in [0.2, 0.25) is 0 Å². The van der Waals surface area contributed by atoms with E-state index in [1.165, 1.54) is 11.3 Å². The number of thiocarbonyl (C=S) groups is 1. The Balaban J connectivity index is 1.27. The van der Waals surface area contributed by atoms with Crippen LogP contribution in [0.15, 0.2) is 78.9 Å². The molecule has 0 atom stereocenters. The summed E-state index contributed by atoms with van der Waals surface area (Å²) in [5.41, 5.74) is 6.44. The minimum absolute atomic E-state index is 0.0512. The molecule has 0 fully saturated rings. The standard InChI is InChI=1S/C24H18ClN3O3S2/c25-20-18-8-4-5-9-19(18)33-21(20)23(30)26-24(32)28-27-22(29)16-10-12-17(13-11-16)31-14-15-6-2-1-3-7-15/h1-13H,14H2,(H,27,29)(H2,26,28,30,32). The second-order valence-electron chi connectivity index (χ2n) is 6.90. The summed E-state index contributed by atoms with van der Waals surface area (Å²) in [5, 5.41) is 3.64. The Hall–Kier alpha value is -3.46. The lowest BCUT2D eigenvalue weighted by molar-refractivity contribution is 0.0935. The number of thiophene rings is 1. The van der Waals surface area contributed by atoms with Gasteiger partial charge < -0.3 is 4.74 Å². The van der Waals surface area contributed by atoms with Crippen LogP contribution in [0.5, 0.6) is 5.75 Å². The van der Waals surface area contributed by atoms with Crippen LogP contribution in [0, 0.1) is 0 Å². The third-order valence-corrected chi connectivity index (χ3v) is 6.50. The SMILES string of the molecule is O=C(NNC(=S)NC(=O)c1sc2ccccc2c1Cl)c1ccc(OCc2ccccc2)cc1. The molecule has 1 heterocycles. The first-order chi connectivity index (χ1) is 16.0. The zero-order valence-corrected chi connectivity index (χ0v) is 19.5. The van der Waals surface area contributed by atoms with Gasteiger partial charge in [0.25, 0.3) is 11.8 Å². The van der Waals surface area contributed by atoms with E-state index >= 15 is 0 Å². The molecule has 0 unspecified atom stereocenters. The quantitative estimate of drug-likeness (QED) is 0.266. The molecule has 3 N–H and O–H groups in total. The Bertz CT molecular complexity index is 1310.